The summed E-state index contributed by atoms with van der Waals surface area (Å²) in [4.78, 5) is 5.77. The van der Waals surface area contributed by atoms with Gasteiger partial charge in [-0.15, -0.1) is 0 Å². The van der Waals surface area contributed by atoms with Crippen LogP contribution < -0.4 is 5.32 Å². The highest BCUT2D eigenvalue weighted by Crippen LogP contribution is 2.06. The second kappa shape index (κ2) is 15.8. The number of hydrogen-bond donors (Lipinski definition) is 3. The minimum atomic E-state index is -1.38. The van der Waals surface area contributed by atoms with Crippen LogP contribution in [0, 0.1) is 0 Å². The second-order valence-electron chi connectivity index (χ2n) is 5.74. The number of aliphatic hydroxyl groups is 2. The molecule has 0 aromatic heterocycles. The fraction of sp³-hybridized carbons (Fsp3) is 0.381. The van der Waals surface area contributed by atoms with Crippen LogP contribution in [0.25, 0.3) is 0 Å². The number of unbranched alkanes of at least 4 members (excludes halogenated alkanes) is 1. The topological polar surface area (TPSA) is 77.3 Å². The van der Waals surface area contributed by atoms with E-state index in [1.54, 1.807) is 24.4 Å². The SMILES string of the molecule is C=C/C=C(\C=C\N(C)C(=C)C=C)OCCCCNC(/C=N\C=C)CC(O)O. The van der Waals surface area contributed by atoms with E-state index in [2.05, 4.69) is 36.6 Å². The zero-order valence-electron chi connectivity index (χ0n) is 16.3. The molecule has 1 unspecified atom stereocenters. The van der Waals surface area contributed by atoms with E-state index in [-0.39, 0.29) is 12.5 Å². The van der Waals surface area contributed by atoms with Gasteiger partial charge < -0.3 is 25.2 Å². The van der Waals surface area contributed by atoms with E-state index < -0.39 is 6.29 Å². The van der Waals surface area contributed by atoms with Crippen molar-refractivity contribution in [2.24, 2.45) is 4.99 Å². The third kappa shape index (κ3) is 13.5. The predicted octanol–water partition coefficient (Wildman–Crippen LogP) is 2.87. The quantitative estimate of drug-likeness (QED) is 0.127. The first-order chi connectivity index (χ1) is 12.9. The summed E-state index contributed by atoms with van der Waals surface area (Å²) in [6.45, 7) is 16.0. The van der Waals surface area contributed by atoms with Crippen molar-refractivity contribution in [3.8, 4) is 0 Å². The van der Waals surface area contributed by atoms with Crippen molar-refractivity contribution in [1.29, 1.82) is 0 Å². The normalized spacial score (nSPS) is 13.1. The van der Waals surface area contributed by atoms with E-state index in [4.69, 9.17) is 14.9 Å². The zero-order chi connectivity index (χ0) is 20.5. The molecular weight excluding hydrogens is 342 g/mol. The van der Waals surface area contributed by atoms with Gasteiger partial charge in [0.15, 0.2) is 6.29 Å². The number of aliphatic imine (C=N–C) groups is 1. The van der Waals surface area contributed by atoms with Crippen LogP contribution in [0.2, 0.25) is 0 Å². The molecule has 0 spiro atoms. The van der Waals surface area contributed by atoms with Gasteiger partial charge in [0.1, 0.15) is 5.76 Å². The Hall–Kier alpha value is -2.41. The Morgan fingerprint density at radius 2 is 2.00 bits per heavy atom. The molecule has 0 saturated carbocycles. The fourth-order valence-corrected chi connectivity index (χ4v) is 1.99. The van der Waals surface area contributed by atoms with Gasteiger partial charge in [-0.2, -0.15) is 0 Å². The maximum Gasteiger partial charge on any atom is 0.153 e. The molecule has 6 heteroatoms. The molecule has 27 heavy (non-hydrogen) atoms. The van der Waals surface area contributed by atoms with Crippen LogP contribution in [0.1, 0.15) is 19.3 Å². The predicted molar refractivity (Wildman–Crippen MR) is 113 cm³/mol. The molecule has 150 valence electrons. The first-order valence-electron chi connectivity index (χ1n) is 8.86. The average molecular weight is 376 g/mol. The summed E-state index contributed by atoms with van der Waals surface area (Å²) >= 11 is 0. The van der Waals surface area contributed by atoms with Crippen LogP contribution >= 0.6 is 0 Å². The largest absolute Gasteiger partial charge is 0.494 e. The first kappa shape index (κ1) is 24.6. The molecule has 0 aromatic carbocycles. The lowest BCUT2D eigenvalue weighted by Crippen LogP contribution is -2.34. The molecule has 0 saturated heterocycles. The molecule has 0 aliphatic rings. The number of nitrogens with one attached hydrogen (secondary N) is 1. The summed E-state index contributed by atoms with van der Waals surface area (Å²) in [5, 5.41) is 21.4. The minimum Gasteiger partial charge on any atom is -0.494 e. The number of aliphatic hydroxyl groups excluding tert-OH is 1. The molecule has 0 heterocycles. The first-order valence-corrected chi connectivity index (χ1v) is 8.86. The van der Waals surface area contributed by atoms with E-state index in [1.807, 2.05) is 24.2 Å². The molecule has 0 aliphatic heterocycles. The van der Waals surface area contributed by atoms with Crippen molar-refractivity contribution >= 4 is 6.21 Å². The summed E-state index contributed by atoms with van der Waals surface area (Å²) in [6, 6.07) is -0.212. The number of hydrogen-bond acceptors (Lipinski definition) is 6. The lowest BCUT2D eigenvalue weighted by molar-refractivity contribution is -0.0473. The van der Waals surface area contributed by atoms with Gasteiger partial charge in [-0.1, -0.05) is 32.4 Å². The molecular formula is C21H33N3O3. The van der Waals surface area contributed by atoms with Gasteiger partial charge in [-0.05, 0) is 37.6 Å². The van der Waals surface area contributed by atoms with E-state index in [9.17, 15) is 0 Å². The molecule has 0 aliphatic carbocycles. The van der Waals surface area contributed by atoms with Gasteiger partial charge in [-0.3, -0.25) is 4.99 Å². The number of allylic oxidation sites excluding steroid dienone is 4. The number of rotatable bonds is 16. The van der Waals surface area contributed by atoms with E-state index >= 15 is 0 Å². The zero-order valence-corrected chi connectivity index (χ0v) is 16.3. The Labute approximate surface area is 163 Å². The van der Waals surface area contributed by atoms with Crippen LogP contribution in [0.3, 0.4) is 0 Å². The molecule has 3 N–H and O–H groups in total. The Balaban J connectivity index is 4.25. The van der Waals surface area contributed by atoms with Crippen LogP contribution in [-0.2, 0) is 4.74 Å². The van der Waals surface area contributed by atoms with Crippen molar-refractivity contribution in [2.45, 2.75) is 31.6 Å². The highest BCUT2D eigenvalue weighted by atomic mass is 16.5. The third-order valence-electron chi connectivity index (χ3n) is 3.52. The molecule has 0 rings (SSSR count). The van der Waals surface area contributed by atoms with Gasteiger partial charge in [0, 0.05) is 43.8 Å². The van der Waals surface area contributed by atoms with Gasteiger partial charge in [0.2, 0.25) is 0 Å². The van der Waals surface area contributed by atoms with E-state index in [1.165, 1.54) is 6.20 Å². The molecule has 6 nitrogen and oxygen atoms in total. The summed E-state index contributed by atoms with van der Waals surface area (Å²) < 4.78 is 5.76. The number of ether oxygens (including phenoxy) is 1. The molecule has 0 aromatic rings. The van der Waals surface area contributed by atoms with Crippen molar-refractivity contribution < 1.29 is 14.9 Å². The summed E-state index contributed by atoms with van der Waals surface area (Å²) in [5.41, 5.74) is 0.790. The minimum absolute atomic E-state index is 0.175. The summed E-state index contributed by atoms with van der Waals surface area (Å²) in [6.07, 6.45) is 12.4. The maximum absolute atomic E-state index is 9.09. The lowest BCUT2D eigenvalue weighted by Gasteiger charge is -2.15. The molecule has 0 fully saturated rings. The monoisotopic (exact) mass is 375 g/mol. The van der Waals surface area contributed by atoms with Crippen molar-refractivity contribution in [3.63, 3.8) is 0 Å². The van der Waals surface area contributed by atoms with E-state index in [0.29, 0.717) is 18.9 Å². The Morgan fingerprint density at radius 3 is 2.59 bits per heavy atom. The van der Waals surface area contributed by atoms with Crippen LogP contribution in [-0.4, -0.2) is 53.9 Å². The summed E-state index contributed by atoms with van der Waals surface area (Å²) in [5.74, 6) is 0.709. The molecule has 1 atom stereocenters. The van der Waals surface area contributed by atoms with Crippen LogP contribution in [0.5, 0.6) is 0 Å². The Kier molecular flexibility index (Phi) is 14.4. The molecule has 0 bridgehead atoms. The number of likely N-dealkylation sites (N-methyl/N-ethyl adjacent to an activating group) is 1. The van der Waals surface area contributed by atoms with Gasteiger partial charge >= 0.3 is 0 Å². The van der Waals surface area contributed by atoms with Crippen molar-refractivity contribution in [3.05, 3.63) is 74.5 Å². The van der Waals surface area contributed by atoms with Gasteiger partial charge in [0.25, 0.3) is 0 Å². The smallest absolute Gasteiger partial charge is 0.153 e. The highest BCUT2D eigenvalue weighted by molar-refractivity contribution is 5.65. The van der Waals surface area contributed by atoms with Crippen molar-refractivity contribution in [1.82, 2.24) is 10.2 Å². The van der Waals surface area contributed by atoms with E-state index in [0.717, 1.165) is 18.5 Å². The van der Waals surface area contributed by atoms with Crippen LogP contribution in [0.15, 0.2) is 79.5 Å². The number of nitrogens with zero attached hydrogens (tertiary/aromatic N) is 2. The van der Waals surface area contributed by atoms with Crippen molar-refractivity contribution in [2.75, 3.05) is 20.2 Å². The highest BCUT2D eigenvalue weighted by Gasteiger charge is 2.09. The summed E-state index contributed by atoms with van der Waals surface area (Å²) in [7, 11) is 1.88. The Morgan fingerprint density at radius 1 is 1.26 bits per heavy atom. The Bertz CT molecular complexity index is 551. The lowest BCUT2D eigenvalue weighted by atomic mass is 10.2. The van der Waals surface area contributed by atoms with Gasteiger partial charge in [0.05, 0.1) is 6.61 Å². The van der Waals surface area contributed by atoms with Gasteiger partial charge in [-0.25, -0.2) is 0 Å². The second-order valence-corrected chi connectivity index (χ2v) is 5.74. The maximum atomic E-state index is 9.09. The standard InChI is InChI=1S/C21H33N3O3/c1-6-11-20(12-14-24(5)18(4)7-2)27-15-10-9-13-23-19(16-21(25)26)17-22-8-3/h6-8,11-12,14,17,19,21,23,25-26H,1-4,9-10,13,15-16H2,5H3/b14-12+,20-11+,22-17-. The third-order valence-corrected chi connectivity index (χ3v) is 3.52. The molecule has 0 amide bonds. The fourth-order valence-electron chi connectivity index (χ4n) is 1.99. The molecule has 0 radical (unpaired) electrons. The van der Waals surface area contributed by atoms with Crippen LogP contribution in [0.4, 0.5) is 0 Å². The average Bonchev–Trinajstić information content (AvgIpc) is 2.64.